The van der Waals surface area contributed by atoms with Crippen molar-refractivity contribution >= 4 is 61.0 Å². The van der Waals surface area contributed by atoms with E-state index in [2.05, 4.69) is 10.3 Å². The summed E-state index contributed by atoms with van der Waals surface area (Å²) >= 11 is -1.38. The number of carbonyl (C=O) groups excluding carboxylic acids is 5. The number of aryl methyl sites for hydroxylation is 1. The van der Waals surface area contributed by atoms with E-state index in [-0.39, 0.29) is 92.0 Å². The second-order valence-electron chi connectivity index (χ2n) is 12.6. The molecule has 1 aromatic heterocycles. The maximum atomic E-state index is 13.8. The van der Waals surface area contributed by atoms with Crippen molar-refractivity contribution in [2.75, 3.05) is 45.9 Å². The number of nitrogens with zero attached hydrogens (tertiary/aromatic N) is 4. The van der Waals surface area contributed by atoms with Gasteiger partial charge in [0.25, 0.3) is 0 Å². The van der Waals surface area contributed by atoms with Crippen LogP contribution in [0.1, 0.15) is 67.9 Å². The number of aliphatic carboxylic acids is 1. The number of likely N-dealkylation sites (tertiary alicyclic amines) is 1. The first-order chi connectivity index (χ1) is 23.5. The molecule has 3 aliphatic rings. The molecule has 15 heteroatoms. The Morgan fingerprint density at radius 2 is 1.73 bits per heavy atom. The summed E-state index contributed by atoms with van der Waals surface area (Å²) in [7, 11) is 0. The number of hydrogen-bond acceptors (Lipinski definition) is 9. The number of carboxylic acid groups (broad SMARTS) is 1. The first-order valence-corrected chi connectivity index (χ1v) is 18.9. The molecular weight excluding hydrogens is 697 g/mol. The summed E-state index contributed by atoms with van der Waals surface area (Å²) < 4.78 is 9.89. The molecule has 2 N–H and O–H groups in total. The molecule has 0 spiro atoms. The zero-order valence-electron chi connectivity index (χ0n) is 27.9. The average Bonchev–Trinajstić information content (AvgIpc) is 3.57. The van der Waals surface area contributed by atoms with Crippen LogP contribution in [0.2, 0.25) is 4.71 Å². The third-order valence-corrected chi connectivity index (χ3v) is 11.8. The number of pyridine rings is 1. The van der Waals surface area contributed by atoms with Gasteiger partial charge in [0, 0.05) is 0 Å². The van der Waals surface area contributed by atoms with Gasteiger partial charge in [-0.25, -0.2) is 0 Å². The van der Waals surface area contributed by atoms with Crippen LogP contribution in [-0.2, 0) is 23.9 Å². The first kappa shape index (κ1) is 36.1. The topological polar surface area (TPSA) is 176 Å². The monoisotopic (exact) mass is 740 g/mol. The molecule has 2 atom stereocenters. The first-order valence-electron chi connectivity index (χ1n) is 16.9. The van der Waals surface area contributed by atoms with E-state index < -0.39 is 38.6 Å². The van der Waals surface area contributed by atoms with E-state index in [1.54, 1.807) is 28.9 Å². The molecule has 0 bridgehead atoms. The van der Waals surface area contributed by atoms with Gasteiger partial charge < -0.3 is 0 Å². The van der Waals surface area contributed by atoms with Crippen LogP contribution >= 0.6 is 0 Å². The van der Waals surface area contributed by atoms with Crippen LogP contribution < -0.4 is 10.1 Å². The molecular formula is C34H43AsN5O9. The SMILES string of the molecule is CCOC(=O)N1CCN(C(=O)C(CCC(=O)O)[As]C(=O)c2cc(OCC(=O)N3CCCC3C(=O)NC3CCC3)c3ccc(C)cc3n2)CC1. The number of carbonyl (C=O) groups is 6. The minimum absolute atomic E-state index is 0.00608. The van der Waals surface area contributed by atoms with Crippen molar-refractivity contribution < 1.29 is 43.3 Å². The van der Waals surface area contributed by atoms with Crippen LogP contribution in [0.15, 0.2) is 24.3 Å². The van der Waals surface area contributed by atoms with Gasteiger partial charge in [0.05, 0.1) is 0 Å². The van der Waals surface area contributed by atoms with E-state index in [1.807, 2.05) is 13.0 Å². The molecule has 3 fully saturated rings. The van der Waals surface area contributed by atoms with Crippen molar-refractivity contribution in [1.82, 2.24) is 25.0 Å². The van der Waals surface area contributed by atoms with E-state index in [9.17, 15) is 33.9 Å². The molecule has 3 heterocycles. The van der Waals surface area contributed by atoms with Gasteiger partial charge in [-0.05, 0) is 19.3 Å². The van der Waals surface area contributed by atoms with Crippen LogP contribution in [0.3, 0.4) is 0 Å². The van der Waals surface area contributed by atoms with Crippen molar-refractivity contribution in [3.8, 4) is 5.75 Å². The molecule has 2 saturated heterocycles. The second kappa shape index (κ2) is 16.5. The quantitative estimate of drug-likeness (QED) is 0.290. The molecule has 1 aliphatic carbocycles. The summed E-state index contributed by atoms with van der Waals surface area (Å²) in [6, 6.07) is 6.59. The van der Waals surface area contributed by atoms with Gasteiger partial charge in [0.2, 0.25) is 0 Å². The molecule has 2 unspecified atom stereocenters. The van der Waals surface area contributed by atoms with E-state index in [4.69, 9.17) is 9.47 Å². The van der Waals surface area contributed by atoms with Gasteiger partial charge in [-0.1, -0.05) is 0 Å². The number of fused-ring (bicyclic) bond motifs is 1. The van der Waals surface area contributed by atoms with Crippen LogP contribution in [0.4, 0.5) is 4.79 Å². The fourth-order valence-corrected chi connectivity index (χ4v) is 8.42. The van der Waals surface area contributed by atoms with Crippen LogP contribution in [0.5, 0.6) is 5.75 Å². The van der Waals surface area contributed by atoms with Gasteiger partial charge in [0.15, 0.2) is 0 Å². The second-order valence-corrected chi connectivity index (χ2v) is 15.3. The Morgan fingerprint density at radius 3 is 2.41 bits per heavy atom. The van der Waals surface area contributed by atoms with Crippen LogP contribution in [-0.4, -0.2) is 133 Å². The Bertz CT molecular complexity index is 1590. The molecule has 5 rings (SSSR count). The van der Waals surface area contributed by atoms with E-state index in [1.165, 1.54) is 11.0 Å². The predicted molar refractivity (Wildman–Crippen MR) is 178 cm³/mol. The number of nitrogens with one attached hydrogen (secondary N) is 1. The van der Waals surface area contributed by atoms with Crippen molar-refractivity contribution in [3.63, 3.8) is 0 Å². The van der Waals surface area contributed by atoms with Crippen molar-refractivity contribution in [2.45, 2.75) is 75.6 Å². The summed E-state index contributed by atoms with van der Waals surface area (Å²) in [4.78, 5) is 86.4. The molecule has 49 heavy (non-hydrogen) atoms. The van der Waals surface area contributed by atoms with E-state index in [0.29, 0.717) is 23.9 Å². The standard InChI is InChI=1S/C34H43AsN5O9/c1-3-48-34(47)39-16-14-38(15-17-39)33(46)24(11-12-30(42)43)35-31(44)26-19-28(23-10-9-21(2)18-25(23)37-26)49-20-29(41)40-13-5-8-27(40)32(45)36-22-6-4-7-22/h9-10,18-19,22,24,27H,3-8,11-17,20H2,1-2H3,(H,36,45)(H,42,43). The molecule has 2 aromatic rings. The third-order valence-electron chi connectivity index (χ3n) is 9.13. The molecule has 4 amide bonds. The van der Waals surface area contributed by atoms with Crippen LogP contribution in [0, 0.1) is 6.92 Å². The average molecular weight is 741 g/mol. The van der Waals surface area contributed by atoms with Gasteiger partial charge in [-0.2, -0.15) is 0 Å². The zero-order chi connectivity index (χ0) is 35.1. The van der Waals surface area contributed by atoms with Crippen molar-refractivity contribution in [2.24, 2.45) is 0 Å². The molecule has 14 nitrogen and oxygen atoms in total. The van der Waals surface area contributed by atoms with Crippen molar-refractivity contribution in [1.29, 1.82) is 0 Å². The number of amides is 4. The molecule has 2 aliphatic heterocycles. The number of ether oxygens (including phenoxy) is 2. The Balaban J connectivity index is 1.29. The Kier molecular flexibility index (Phi) is 12.1. The molecule has 1 aromatic carbocycles. The maximum absolute atomic E-state index is 13.8. The summed E-state index contributed by atoms with van der Waals surface area (Å²) in [6.07, 6.45) is 3.57. The summed E-state index contributed by atoms with van der Waals surface area (Å²) in [5.74, 6) is -1.58. The van der Waals surface area contributed by atoms with E-state index in [0.717, 1.165) is 31.2 Å². The van der Waals surface area contributed by atoms with Crippen LogP contribution in [0.25, 0.3) is 10.9 Å². The van der Waals surface area contributed by atoms with Gasteiger partial charge in [-0.15, -0.1) is 0 Å². The predicted octanol–water partition coefficient (Wildman–Crippen LogP) is 2.38. The number of benzene rings is 1. The minimum atomic E-state index is -1.38. The van der Waals surface area contributed by atoms with Gasteiger partial charge in [0.1, 0.15) is 0 Å². The van der Waals surface area contributed by atoms with Gasteiger partial charge in [-0.3, -0.25) is 0 Å². The number of piperazine rings is 1. The fraction of sp³-hybridized carbons (Fsp3) is 0.559. The third kappa shape index (κ3) is 9.08. The van der Waals surface area contributed by atoms with E-state index >= 15 is 0 Å². The fourth-order valence-electron chi connectivity index (χ4n) is 6.19. The Labute approximate surface area is 291 Å². The zero-order valence-corrected chi connectivity index (χ0v) is 29.8. The summed E-state index contributed by atoms with van der Waals surface area (Å²) in [5, 5.41) is 13.0. The number of aromatic nitrogens is 1. The van der Waals surface area contributed by atoms with Gasteiger partial charge >= 0.3 is 273 Å². The molecule has 263 valence electrons. The number of carboxylic acids is 1. The summed E-state index contributed by atoms with van der Waals surface area (Å²) in [6.45, 7) is 5.00. The number of hydrogen-bond donors (Lipinski definition) is 2. The number of rotatable bonds is 13. The Morgan fingerprint density at radius 1 is 1.00 bits per heavy atom. The Hall–Kier alpha value is -4.19. The summed E-state index contributed by atoms with van der Waals surface area (Å²) in [5.41, 5.74) is 1.45. The normalized spacial score (nSPS) is 18.7. The molecule has 1 radical (unpaired) electrons. The molecule has 1 saturated carbocycles. The van der Waals surface area contributed by atoms with Crippen molar-refractivity contribution in [3.05, 3.63) is 35.5 Å².